The molecule has 1 amide bonds. The van der Waals surface area contributed by atoms with Crippen molar-refractivity contribution in [1.82, 2.24) is 13.8 Å². The van der Waals surface area contributed by atoms with Gasteiger partial charge in [-0.25, -0.2) is 13.2 Å². The van der Waals surface area contributed by atoms with E-state index < -0.39 is 27.8 Å². The summed E-state index contributed by atoms with van der Waals surface area (Å²) in [5.74, 6) is -0.997. The molecular formula is C20H21N3O6S. The third-order valence-corrected chi connectivity index (χ3v) is 6.94. The van der Waals surface area contributed by atoms with E-state index in [0.717, 1.165) is 9.87 Å². The number of benzene rings is 2. The van der Waals surface area contributed by atoms with E-state index >= 15 is 0 Å². The molecule has 1 fully saturated rings. The molecule has 0 radical (unpaired) electrons. The van der Waals surface area contributed by atoms with Gasteiger partial charge in [0.05, 0.1) is 23.1 Å². The molecule has 0 saturated carbocycles. The van der Waals surface area contributed by atoms with Gasteiger partial charge in [-0.2, -0.15) is 4.31 Å². The Bertz CT molecular complexity index is 1250. The Kier molecular flexibility index (Phi) is 5.22. The fourth-order valence-electron chi connectivity index (χ4n) is 3.53. The molecule has 2 heterocycles. The first-order chi connectivity index (χ1) is 14.3. The summed E-state index contributed by atoms with van der Waals surface area (Å²) in [6.07, 6.45) is -1.03. The lowest BCUT2D eigenvalue weighted by Gasteiger charge is -2.22. The van der Waals surface area contributed by atoms with Crippen molar-refractivity contribution in [3.05, 3.63) is 64.6 Å². The van der Waals surface area contributed by atoms with Crippen molar-refractivity contribution in [1.29, 1.82) is 0 Å². The van der Waals surface area contributed by atoms with Gasteiger partial charge in [0.15, 0.2) is 5.58 Å². The molecule has 10 heteroatoms. The van der Waals surface area contributed by atoms with Gasteiger partial charge in [-0.3, -0.25) is 9.36 Å². The predicted octanol–water partition coefficient (Wildman–Crippen LogP) is 0.525. The maximum Gasteiger partial charge on any atom is 0.419 e. The number of carbonyl (C=O) groups is 1. The van der Waals surface area contributed by atoms with Crippen LogP contribution in [-0.2, 0) is 28.4 Å². The van der Waals surface area contributed by atoms with Crippen molar-refractivity contribution in [3.63, 3.8) is 0 Å². The first-order valence-corrected chi connectivity index (χ1v) is 10.8. The molecule has 2 aromatic carbocycles. The summed E-state index contributed by atoms with van der Waals surface area (Å²) in [5, 5.41) is 10.4. The molecule has 1 atom stereocenters. The molecular weight excluding hydrogens is 410 g/mol. The van der Waals surface area contributed by atoms with Gasteiger partial charge in [0.2, 0.25) is 15.9 Å². The molecule has 0 aliphatic carbocycles. The Labute approximate surface area is 172 Å². The minimum absolute atomic E-state index is 0.0341. The van der Waals surface area contributed by atoms with E-state index in [2.05, 4.69) is 0 Å². The third-order valence-electron chi connectivity index (χ3n) is 5.13. The van der Waals surface area contributed by atoms with Gasteiger partial charge in [-0.1, -0.05) is 30.3 Å². The second kappa shape index (κ2) is 7.71. The minimum Gasteiger partial charge on any atom is -0.408 e. The van der Waals surface area contributed by atoms with Crippen molar-refractivity contribution in [3.8, 4) is 0 Å². The second-order valence-corrected chi connectivity index (χ2v) is 9.21. The number of sulfonamides is 1. The largest absolute Gasteiger partial charge is 0.419 e. The Hall–Kier alpha value is -2.95. The molecule has 1 unspecified atom stereocenters. The van der Waals surface area contributed by atoms with Gasteiger partial charge >= 0.3 is 5.76 Å². The number of hydrogen-bond donors (Lipinski definition) is 1. The summed E-state index contributed by atoms with van der Waals surface area (Å²) < 4.78 is 33.6. The highest BCUT2D eigenvalue weighted by Gasteiger charge is 2.34. The summed E-state index contributed by atoms with van der Waals surface area (Å²) in [6, 6.07) is 13.4. The zero-order valence-electron chi connectivity index (χ0n) is 16.3. The van der Waals surface area contributed by atoms with E-state index in [4.69, 9.17) is 4.42 Å². The zero-order valence-corrected chi connectivity index (χ0v) is 17.1. The highest BCUT2D eigenvalue weighted by atomic mass is 32.2. The molecule has 1 aliphatic heterocycles. The number of hydrogen-bond acceptors (Lipinski definition) is 6. The summed E-state index contributed by atoms with van der Waals surface area (Å²) in [6.45, 7) is -0.281. The van der Waals surface area contributed by atoms with Gasteiger partial charge in [0, 0.05) is 32.7 Å². The maximum atomic E-state index is 13.1. The fraction of sp³-hybridized carbons (Fsp3) is 0.300. The van der Waals surface area contributed by atoms with Crippen molar-refractivity contribution in [2.75, 3.05) is 19.6 Å². The first-order valence-electron chi connectivity index (χ1n) is 9.35. The van der Waals surface area contributed by atoms with E-state index in [1.807, 2.05) is 30.3 Å². The van der Waals surface area contributed by atoms with Crippen LogP contribution in [0, 0.1) is 0 Å². The maximum absolute atomic E-state index is 13.1. The van der Waals surface area contributed by atoms with E-state index in [0.29, 0.717) is 5.52 Å². The molecule has 1 aliphatic rings. The Morgan fingerprint density at radius 1 is 1.10 bits per heavy atom. The summed E-state index contributed by atoms with van der Waals surface area (Å²) in [7, 11) is -2.57. The zero-order chi connectivity index (χ0) is 21.5. The molecule has 0 spiro atoms. The number of fused-ring (bicyclic) bond motifs is 1. The lowest BCUT2D eigenvalue weighted by atomic mass is 10.2. The Balaban J connectivity index is 1.61. The number of carbonyl (C=O) groups excluding carboxylic acids is 1. The SMILES string of the molecule is Cn1c(=O)oc2cc(S(=O)(=O)N3CC(=O)N(Cc4ccccc4)CC(O)C3)ccc21. The topological polar surface area (TPSA) is 113 Å². The van der Waals surface area contributed by atoms with Gasteiger partial charge in [0.1, 0.15) is 0 Å². The van der Waals surface area contributed by atoms with Crippen LogP contribution in [0.5, 0.6) is 0 Å². The number of aromatic nitrogens is 1. The lowest BCUT2D eigenvalue weighted by Crippen LogP contribution is -2.39. The van der Waals surface area contributed by atoms with Crippen LogP contribution in [0.2, 0.25) is 0 Å². The fourth-order valence-corrected chi connectivity index (χ4v) is 4.97. The number of aliphatic hydroxyl groups is 1. The van der Waals surface area contributed by atoms with Crippen LogP contribution in [-0.4, -0.2) is 58.9 Å². The average molecular weight is 431 g/mol. The summed E-state index contributed by atoms with van der Waals surface area (Å²) >= 11 is 0. The Morgan fingerprint density at radius 2 is 1.83 bits per heavy atom. The number of aliphatic hydroxyl groups excluding tert-OH is 1. The highest BCUT2D eigenvalue weighted by molar-refractivity contribution is 7.89. The van der Waals surface area contributed by atoms with Gasteiger partial charge < -0.3 is 14.4 Å². The van der Waals surface area contributed by atoms with Crippen LogP contribution in [0.15, 0.2) is 62.6 Å². The van der Waals surface area contributed by atoms with Crippen molar-refractivity contribution in [2.24, 2.45) is 7.05 Å². The number of oxazole rings is 1. The smallest absolute Gasteiger partial charge is 0.408 e. The van der Waals surface area contributed by atoms with Crippen LogP contribution < -0.4 is 5.76 Å². The highest BCUT2D eigenvalue weighted by Crippen LogP contribution is 2.23. The van der Waals surface area contributed by atoms with Gasteiger partial charge in [0.25, 0.3) is 0 Å². The number of rotatable bonds is 4. The van der Waals surface area contributed by atoms with E-state index in [1.165, 1.54) is 34.7 Å². The molecule has 1 aromatic heterocycles. The molecule has 158 valence electrons. The van der Waals surface area contributed by atoms with Crippen LogP contribution in [0.25, 0.3) is 11.1 Å². The monoisotopic (exact) mass is 431 g/mol. The Morgan fingerprint density at radius 3 is 2.57 bits per heavy atom. The van der Waals surface area contributed by atoms with Gasteiger partial charge in [-0.05, 0) is 17.7 Å². The third kappa shape index (κ3) is 3.76. The number of aryl methyl sites for hydroxylation is 1. The van der Waals surface area contributed by atoms with Crippen LogP contribution in [0.1, 0.15) is 5.56 Å². The number of β-amino-alcohol motifs (C(OH)–C–C–N with tert-alkyl or cyclic N) is 1. The van der Waals surface area contributed by atoms with Crippen molar-refractivity contribution in [2.45, 2.75) is 17.5 Å². The molecule has 1 N–H and O–H groups in total. The minimum atomic E-state index is -4.09. The van der Waals surface area contributed by atoms with E-state index in [-0.39, 0.29) is 36.7 Å². The average Bonchev–Trinajstić information content (AvgIpc) is 2.91. The first kappa shape index (κ1) is 20.3. The van der Waals surface area contributed by atoms with Crippen LogP contribution in [0.3, 0.4) is 0 Å². The molecule has 3 aromatic rings. The van der Waals surface area contributed by atoms with E-state index in [9.17, 15) is 23.1 Å². The molecule has 9 nitrogen and oxygen atoms in total. The van der Waals surface area contributed by atoms with Crippen molar-refractivity contribution < 1.29 is 22.7 Å². The molecule has 4 rings (SSSR count). The number of nitrogens with zero attached hydrogens (tertiary/aromatic N) is 3. The molecule has 0 bridgehead atoms. The normalized spacial score (nSPS) is 18.7. The van der Waals surface area contributed by atoms with E-state index in [1.54, 1.807) is 0 Å². The summed E-state index contributed by atoms with van der Waals surface area (Å²) in [4.78, 5) is 25.8. The van der Waals surface area contributed by atoms with Crippen LogP contribution in [0.4, 0.5) is 0 Å². The summed E-state index contributed by atoms with van der Waals surface area (Å²) in [5.41, 5.74) is 1.48. The lowest BCUT2D eigenvalue weighted by molar-refractivity contribution is -0.131. The van der Waals surface area contributed by atoms with Crippen molar-refractivity contribution >= 4 is 27.0 Å². The second-order valence-electron chi connectivity index (χ2n) is 7.27. The van der Waals surface area contributed by atoms with Gasteiger partial charge in [-0.15, -0.1) is 0 Å². The molecule has 30 heavy (non-hydrogen) atoms. The predicted molar refractivity (Wildman–Crippen MR) is 108 cm³/mol. The number of amides is 1. The standard InChI is InChI=1S/C20H21N3O6S/c1-21-17-8-7-16(9-18(17)29-20(21)26)30(27,28)23-12-15(24)11-22(19(25)13-23)10-14-5-3-2-4-6-14/h2-9,15,24H,10-13H2,1H3. The van der Waals surface area contributed by atoms with Crippen LogP contribution >= 0.6 is 0 Å². The quantitative estimate of drug-likeness (QED) is 0.645. The molecule has 1 saturated heterocycles.